The fourth-order valence-corrected chi connectivity index (χ4v) is 3.61. The first-order chi connectivity index (χ1) is 9.29. The van der Waals surface area contributed by atoms with Gasteiger partial charge in [0.2, 0.25) is 0 Å². The SMILES string of the molecule is NC(c1ncccn1)C1CCOC2(CCCCC2)C1. The highest BCUT2D eigenvalue weighted by Crippen LogP contribution is 2.43. The third kappa shape index (κ3) is 2.79. The molecule has 2 fully saturated rings. The predicted octanol–water partition coefficient (Wildman–Crippen LogP) is 2.61. The predicted molar refractivity (Wildman–Crippen MR) is 73.5 cm³/mol. The van der Waals surface area contributed by atoms with Gasteiger partial charge in [-0.15, -0.1) is 0 Å². The maximum atomic E-state index is 6.38. The van der Waals surface area contributed by atoms with Crippen LogP contribution in [0.25, 0.3) is 0 Å². The van der Waals surface area contributed by atoms with E-state index in [4.69, 9.17) is 10.5 Å². The van der Waals surface area contributed by atoms with Gasteiger partial charge >= 0.3 is 0 Å². The van der Waals surface area contributed by atoms with E-state index in [1.807, 2.05) is 6.07 Å². The number of hydrogen-bond acceptors (Lipinski definition) is 4. The first kappa shape index (κ1) is 13.0. The summed E-state index contributed by atoms with van der Waals surface area (Å²) in [6, 6.07) is 1.78. The van der Waals surface area contributed by atoms with Crippen LogP contribution in [0.5, 0.6) is 0 Å². The highest BCUT2D eigenvalue weighted by Gasteiger charge is 2.40. The molecule has 1 saturated carbocycles. The molecule has 1 aliphatic heterocycles. The van der Waals surface area contributed by atoms with Gasteiger partial charge in [0.25, 0.3) is 0 Å². The summed E-state index contributed by atoms with van der Waals surface area (Å²) in [5.41, 5.74) is 6.48. The highest BCUT2D eigenvalue weighted by atomic mass is 16.5. The third-order valence-corrected chi connectivity index (χ3v) is 4.69. The maximum Gasteiger partial charge on any atom is 0.145 e. The summed E-state index contributed by atoms with van der Waals surface area (Å²) >= 11 is 0. The average Bonchev–Trinajstić information content (AvgIpc) is 2.48. The first-order valence-corrected chi connectivity index (χ1v) is 7.46. The van der Waals surface area contributed by atoms with Crippen molar-refractivity contribution in [2.75, 3.05) is 6.61 Å². The van der Waals surface area contributed by atoms with Crippen LogP contribution in [-0.2, 0) is 4.74 Å². The van der Waals surface area contributed by atoms with Crippen molar-refractivity contribution in [2.24, 2.45) is 11.7 Å². The van der Waals surface area contributed by atoms with Crippen LogP contribution >= 0.6 is 0 Å². The lowest BCUT2D eigenvalue weighted by Crippen LogP contribution is -2.44. The van der Waals surface area contributed by atoms with Gasteiger partial charge in [0.15, 0.2) is 0 Å². The van der Waals surface area contributed by atoms with Gasteiger partial charge < -0.3 is 10.5 Å². The van der Waals surface area contributed by atoms with Gasteiger partial charge in [0.05, 0.1) is 11.6 Å². The zero-order valence-corrected chi connectivity index (χ0v) is 11.4. The molecule has 104 valence electrons. The molecule has 0 aromatic carbocycles. The summed E-state index contributed by atoms with van der Waals surface area (Å²) in [6.07, 6.45) is 12.0. The number of aromatic nitrogens is 2. The molecule has 2 unspecified atom stereocenters. The minimum Gasteiger partial charge on any atom is -0.375 e. The van der Waals surface area contributed by atoms with E-state index in [9.17, 15) is 0 Å². The number of rotatable bonds is 2. The van der Waals surface area contributed by atoms with Crippen molar-refractivity contribution in [2.45, 2.75) is 56.6 Å². The van der Waals surface area contributed by atoms with E-state index < -0.39 is 0 Å². The molecular weight excluding hydrogens is 238 g/mol. The van der Waals surface area contributed by atoms with Crippen molar-refractivity contribution in [1.29, 1.82) is 0 Å². The van der Waals surface area contributed by atoms with Gasteiger partial charge in [-0.25, -0.2) is 9.97 Å². The van der Waals surface area contributed by atoms with E-state index in [1.165, 1.54) is 32.1 Å². The summed E-state index contributed by atoms with van der Waals surface area (Å²) in [4.78, 5) is 8.62. The Morgan fingerprint density at radius 2 is 1.95 bits per heavy atom. The second-order valence-electron chi connectivity index (χ2n) is 5.98. The van der Waals surface area contributed by atoms with Gasteiger partial charge in [0.1, 0.15) is 5.82 Å². The van der Waals surface area contributed by atoms with Crippen molar-refractivity contribution >= 4 is 0 Å². The Balaban J connectivity index is 1.71. The lowest BCUT2D eigenvalue weighted by molar-refractivity contribution is -0.120. The maximum absolute atomic E-state index is 6.38. The van der Waals surface area contributed by atoms with Crippen LogP contribution in [0.3, 0.4) is 0 Å². The number of ether oxygens (including phenoxy) is 1. The molecule has 0 bridgehead atoms. The van der Waals surface area contributed by atoms with Crippen LogP contribution in [0, 0.1) is 5.92 Å². The van der Waals surface area contributed by atoms with Gasteiger partial charge in [-0.3, -0.25) is 0 Å². The summed E-state index contributed by atoms with van der Waals surface area (Å²) in [7, 11) is 0. The van der Waals surface area contributed by atoms with Crippen molar-refractivity contribution in [3.8, 4) is 0 Å². The molecule has 2 heterocycles. The second-order valence-corrected chi connectivity index (χ2v) is 5.98. The fourth-order valence-electron chi connectivity index (χ4n) is 3.61. The molecule has 4 nitrogen and oxygen atoms in total. The number of nitrogens with zero attached hydrogens (tertiary/aromatic N) is 2. The van der Waals surface area contributed by atoms with E-state index in [2.05, 4.69) is 9.97 Å². The molecule has 3 rings (SSSR count). The van der Waals surface area contributed by atoms with E-state index >= 15 is 0 Å². The largest absolute Gasteiger partial charge is 0.375 e. The van der Waals surface area contributed by atoms with Crippen LogP contribution in [0.4, 0.5) is 0 Å². The fraction of sp³-hybridized carbons (Fsp3) is 0.733. The van der Waals surface area contributed by atoms with E-state index in [-0.39, 0.29) is 11.6 Å². The number of hydrogen-bond donors (Lipinski definition) is 1. The third-order valence-electron chi connectivity index (χ3n) is 4.69. The molecule has 0 amide bonds. The summed E-state index contributed by atoms with van der Waals surface area (Å²) in [6.45, 7) is 0.838. The Bertz CT molecular complexity index is 398. The molecule has 0 radical (unpaired) electrons. The molecular formula is C15H23N3O. The van der Waals surface area contributed by atoms with Crippen LogP contribution in [0.1, 0.15) is 56.8 Å². The first-order valence-electron chi connectivity index (χ1n) is 7.46. The zero-order chi connectivity index (χ0) is 13.1. The molecule has 2 aliphatic rings. The topological polar surface area (TPSA) is 61.0 Å². The Morgan fingerprint density at radius 3 is 2.68 bits per heavy atom. The summed E-state index contributed by atoms with van der Waals surface area (Å²) in [5.74, 6) is 1.23. The molecule has 1 aliphatic carbocycles. The molecule has 1 aromatic rings. The van der Waals surface area contributed by atoms with E-state index in [0.29, 0.717) is 5.92 Å². The molecule has 2 atom stereocenters. The molecule has 1 spiro atoms. The Labute approximate surface area is 114 Å². The smallest absolute Gasteiger partial charge is 0.145 e. The Hall–Kier alpha value is -1.00. The highest BCUT2D eigenvalue weighted by molar-refractivity contribution is 5.00. The zero-order valence-electron chi connectivity index (χ0n) is 11.4. The van der Waals surface area contributed by atoms with Crippen LogP contribution in [0.2, 0.25) is 0 Å². The lowest BCUT2D eigenvalue weighted by Gasteiger charge is -2.44. The minimum absolute atomic E-state index is 0.0519. The van der Waals surface area contributed by atoms with E-state index in [0.717, 1.165) is 25.3 Å². The molecule has 2 N–H and O–H groups in total. The molecule has 4 heteroatoms. The minimum atomic E-state index is -0.0519. The van der Waals surface area contributed by atoms with E-state index in [1.54, 1.807) is 12.4 Å². The summed E-state index contributed by atoms with van der Waals surface area (Å²) < 4.78 is 6.13. The second kappa shape index (κ2) is 5.55. The van der Waals surface area contributed by atoms with Gasteiger partial charge in [-0.05, 0) is 37.7 Å². The van der Waals surface area contributed by atoms with Crippen molar-refractivity contribution < 1.29 is 4.74 Å². The van der Waals surface area contributed by atoms with Crippen molar-refractivity contribution in [1.82, 2.24) is 9.97 Å². The van der Waals surface area contributed by atoms with Crippen LogP contribution < -0.4 is 5.73 Å². The normalized spacial score (nSPS) is 28.2. The van der Waals surface area contributed by atoms with Gasteiger partial charge in [-0.1, -0.05) is 19.3 Å². The van der Waals surface area contributed by atoms with Gasteiger partial charge in [0, 0.05) is 19.0 Å². The van der Waals surface area contributed by atoms with Gasteiger partial charge in [-0.2, -0.15) is 0 Å². The average molecular weight is 261 g/mol. The van der Waals surface area contributed by atoms with Crippen LogP contribution in [0.15, 0.2) is 18.5 Å². The Morgan fingerprint density at radius 1 is 1.21 bits per heavy atom. The lowest BCUT2D eigenvalue weighted by atomic mass is 9.74. The monoisotopic (exact) mass is 261 g/mol. The van der Waals surface area contributed by atoms with Crippen molar-refractivity contribution in [3.05, 3.63) is 24.3 Å². The quantitative estimate of drug-likeness (QED) is 0.889. The number of nitrogens with two attached hydrogens (primary N) is 1. The molecule has 1 aromatic heterocycles. The Kier molecular flexibility index (Phi) is 3.80. The van der Waals surface area contributed by atoms with Crippen LogP contribution in [-0.4, -0.2) is 22.2 Å². The molecule has 1 saturated heterocycles. The molecule has 19 heavy (non-hydrogen) atoms. The standard InChI is InChI=1S/C15H23N3O/c16-13(14-17-8-4-9-18-14)12-5-10-19-15(11-12)6-2-1-3-7-15/h4,8-9,12-13H,1-3,5-7,10-11,16H2. The summed E-state index contributed by atoms with van der Waals surface area (Å²) in [5, 5.41) is 0. The van der Waals surface area contributed by atoms with Crippen molar-refractivity contribution in [3.63, 3.8) is 0 Å².